The van der Waals surface area contributed by atoms with Gasteiger partial charge in [-0.1, -0.05) is 218 Å². The van der Waals surface area contributed by atoms with Crippen molar-refractivity contribution in [3.05, 3.63) is 24.3 Å². The molecule has 0 radical (unpaired) electrons. The Morgan fingerprint density at radius 1 is 0.493 bits per heavy atom. The fraction of sp³-hybridized carbons (Fsp3) is 0.889. The molecule has 13 heteroatoms. The lowest BCUT2D eigenvalue weighted by Crippen LogP contribution is -2.60. The van der Waals surface area contributed by atoms with Gasteiger partial charge in [0.25, 0.3) is 10.1 Å². The van der Waals surface area contributed by atoms with E-state index in [2.05, 4.69) is 38.2 Å². The first-order chi connectivity index (χ1) is 32.5. The maximum atomic E-state index is 12.9. The molecule has 1 rings (SSSR count). The molecule has 1 fully saturated rings. The van der Waals surface area contributed by atoms with Crippen molar-refractivity contribution in [2.45, 2.75) is 288 Å². The predicted molar refractivity (Wildman–Crippen MR) is 270 cm³/mol. The highest BCUT2D eigenvalue weighted by Gasteiger charge is 2.46. The summed E-state index contributed by atoms with van der Waals surface area (Å²) in [6.45, 7) is 3.78. The van der Waals surface area contributed by atoms with Crippen LogP contribution < -0.4 is 0 Å². The molecule has 6 atom stereocenters. The molecule has 67 heavy (non-hydrogen) atoms. The zero-order chi connectivity index (χ0) is 49.1. The third-order valence-corrected chi connectivity index (χ3v) is 13.5. The lowest BCUT2D eigenvalue weighted by molar-refractivity contribution is -0.297. The van der Waals surface area contributed by atoms with E-state index in [1.807, 2.05) is 0 Å². The summed E-state index contributed by atoms with van der Waals surface area (Å²) in [7, 11) is -4.61. The average Bonchev–Trinajstić information content (AvgIpc) is 3.30. The smallest absolute Gasteiger partial charge is 0.306 e. The summed E-state index contributed by atoms with van der Waals surface area (Å²) in [5, 5.41) is 31.0. The topological polar surface area (TPSA) is 186 Å². The number of aliphatic hydroxyl groups excluding tert-OH is 3. The lowest BCUT2D eigenvalue weighted by atomic mass is 10.00. The van der Waals surface area contributed by atoms with Crippen LogP contribution in [0.25, 0.3) is 0 Å². The minimum absolute atomic E-state index is 0.161. The molecule has 0 aromatic rings. The second-order valence-electron chi connectivity index (χ2n) is 19.2. The number of rotatable bonds is 47. The van der Waals surface area contributed by atoms with Gasteiger partial charge in [-0.15, -0.1) is 0 Å². The molecule has 0 amide bonds. The molecule has 0 aromatic carbocycles. The van der Waals surface area contributed by atoms with Crippen LogP contribution in [0.4, 0.5) is 0 Å². The molecule has 0 spiro atoms. The Hall–Kier alpha value is -1.87. The second-order valence-corrected chi connectivity index (χ2v) is 20.7. The van der Waals surface area contributed by atoms with Crippen LogP contribution in [-0.4, -0.2) is 96.0 Å². The highest BCUT2D eigenvalue weighted by Crippen LogP contribution is 2.24. The van der Waals surface area contributed by atoms with Crippen molar-refractivity contribution in [2.75, 3.05) is 19.0 Å². The summed E-state index contributed by atoms with van der Waals surface area (Å²) in [5.74, 6) is -2.02. The number of carbonyl (C=O) groups is 2. The molecule has 0 bridgehead atoms. The van der Waals surface area contributed by atoms with Crippen LogP contribution in [0.1, 0.15) is 251 Å². The summed E-state index contributed by atoms with van der Waals surface area (Å²) in [5.41, 5.74) is 0. The number of allylic oxidation sites excluding steroid dienone is 4. The minimum atomic E-state index is -4.61. The van der Waals surface area contributed by atoms with E-state index in [0.29, 0.717) is 19.3 Å². The first kappa shape index (κ1) is 63.1. The van der Waals surface area contributed by atoms with E-state index in [-0.39, 0.29) is 19.4 Å². The van der Waals surface area contributed by atoms with Crippen LogP contribution in [0.5, 0.6) is 0 Å². The Balaban J connectivity index is 2.35. The third-order valence-electron chi connectivity index (χ3n) is 12.8. The van der Waals surface area contributed by atoms with Gasteiger partial charge < -0.3 is 34.3 Å². The van der Waals surface area contributed by atoms with Gasteiger partial charge in [-0.25, -0.2) is 0 Å². The lowest BCUT2D eigenvalue weighted by Gasteiger charge is -2.40. The van der Waals surface area contributed by atoms with E-state index in [1.165, 1.54) is 167 Å². The Kier molecular flexibility index (Phi) is 41.6. The molecule has 0 aromatic heterocycles. The number of carbonyl (C=O) groups excluding carboxylic acids is 2. The van der Waals surface area contributed by atoms with Crippen molar-refractivity contribution in [2.24, 2.45) is 0 Å². The van der Waals surface area contributed by atoms with Crippen LogP contribution in [0.3, 0.4) is 0 Å². The SMILES string of the molecule is CCCCCCCCCCCCCCCC/C=C/CC/C=C/CCCC(=O)OC[C@H](CO[C@H]1O[C@H](CS(=O)(=O)O)[C@@H](O)C(O)C1O)OC(=O)CCCCCCCCCCCCCCCCCC. The number of aliphatic hydroxyl groups is 3. The van der Waals surface area contributed by atoms with Crippen LogP contribution in [0.15, 0.2) is 24.3 Å². The van der Waals surface area contributed by atoms with Gasteiger partial charge in [0.2, 0.25) is 0 Å². The fourth-order valence-electron chi connectivity index (χ4n) is 8.52. The molecule has 4 N–H and O–H groups in total. The summed E-state index contributed by atoms with van der Waals surface area (Å²) in [4.78, 5) is 25.5. The number of hydrogen-bond acceptors (Lipinski definition) is 11. The second kappa shape index (κ2) is 44.1. The average molecular weight is 973 g/mol. The summed E-state index contributed by atoms with van der Waals surface area (Å²) >= 11 is 0. The summed E-state index contributed by atoms with van der Waals surface area (Å²) in [6, 6.07) is 0. The molecule has 12 nitrogen and oxygen atoms in total. The first-order valence-corrected chi connectivity index (χ1v) is 29.0. The Labute approximate surface area is 408 Å². The van der Waals surface area contributed by atoms with E-state index in [9.17, 15) is 37.9 Å². The Morgan fingerprint density at radius 3 is 1.33 bits per heavy atom. The fourth-order valence-corrected chi connectivity index (χ4v) is 9.21. The number of esters is 2. The van der Waals surface area contributed by atoms with Crippen molar-refractivity contribution in [3.8, 4) is 0 Å². The Bertz CT molecular complexity index is 1320. The van der Waals surface area contributed by atoms with Crippen molar-refractivity contribution in [1.29, 1.82) is 0 Å². The van der Waals surface area contributed by atoms with Gasteiger partial charge in [0, 0.05) is 12.8 Å². The van der Waals surface area contributed by atoms with Gasteiger partial charge in [0.1, 0.15) is 36.8 Å². The van der Waals surface area contributed by atoms with E-state index >= 15 is 0 Å². The molecule has 394 valence electrons. The largest absolute Gasteiger partial charge is 0.462 e. The highest BCUT2D eigenvalue weighted by atomic mass is 32.2. The predicted octanol–water partition coefficient (Wildman–Crippen LogP) is 12.7. The molecule has 2 unspecified atom stereocenters. The van der Waals surface area contributed by atoms with Gasteiger partial charge >= 0.3 is 11.9 Å². The third kappa shape index (κ3) is 38.6. The molecule has 1 aliphatic rings. The number of ether oxygens (including phenoxy) is 4. The molecule has 0 aliphatic carbocycles. The van der Waals surface area contributed by atoms with Crippen molar-refractivity contribution < 1.29 is 56.8 Å². The Morgan fingerprint density at radius 2 is 0.881 bits per heavy atom. The van der Waals surface area contributed by atoms with Gasteiger partial charge in [0.05, 0.1) is 6.61 Å². The molecule has 1 heterocycles. The zero-order valence-corrected chi connectivity index (χ0v) is 43.3. The maximum Gasteiger partial charge on any atom is 0.306 e. The number of hydrogen-bond donors (Lipinski definition) is 4. The van der Waals surface area contributed by atoms with Gasteiger partial charge in [-0.05, 0) is 44.9 Å². The monoisotopic (exact) mass is 973 g/mol. The molecule has 1 aliphatic heterocycles. The minimum Gasteiger partial charge on any atom is -0.462 e. The standard InChI is InChI=1S/C54H100O12S/c1-3-5-7-9-11-13-15-17-19-21-22-23-24-25-26-27-29-30-32-34-36-38-40-42-49(55)63-44-47(45-64-54-53(59)52(58)51(57)48(66-54)46-67(60,61)62)65-50(56)43-41-39-37-35-33-31-28-20-18-16-14-12-10-8-6-4-2/h27,29,34,36,47-48,51-54,57-59H,3-26,28,30-33,35,37-46H2,1-2H3,(H,60,61,62)/b29-27+,36-34+/t47-,48-,51-,52?,53?,54+/m1/s1. The van der Waals surface area contributed by atoms with E-state index in [0.717, 1.165) is 38.5 Å². The van der Waals surface area contributed by atoms with Crippen LogP contribution in [-0.2, 0) is 38.7 Å². The molecular formula is C54H100O12S. The summed E-state index contributed by atoms with van der Waals surface area (Å²) in [6.07, 6.45) is 42.3. The normalized spacial score (nSPS) is 19.4. The van der Waals surface area contributed by atoms with Crippen molar-refractivity contribution in [3.63, 3.8) is 0 Å². The first-order valence-electron chi connectivity index (χ1n) is 27.4. The zero-order valence-electron chi connectivity index (χ0n) is 42.5. The maximum absolute atomic E-state index is 12.9. The van der Waals surface area contributed by atoms with Crippen molar-refractivity contribution in [1.82, 2.24) is 0 Å². The number of unbranched alkanes of at least 4 members (excludes halogenated alkanes) is 31. The van der Waals surface area contributed by atoms with E-state index in [4.69, 9.17) is 18.9 Å². The highest BCUT2D eigenvalue weighted by molar-refractivity contribution is 7.85. The molecular weight excluding hydrogens is 873 g/mol. The summed E-state index contributed by atoms with van der Waals surface area (Å²) < 4.78 is 54.2. The van der Waals surface area contributed by atoms with Crippen molar-refractivity contribution >= 4 is 22.1 Å². The van der Waals surface area contributed by atoms with E-state index < -0.39 is 71.2 Å². The van der Waals surface area contributed by atoms with Crippen LogP contribution in [0, 0.1) is 0 Å². The van der Waals surface area contributed by atoms with E-state index in [1.54, 1.807) is 0 Å². The van der Waals surface area contributed by atoms with Gasteiger partial charge in [0.15, 0.2) is 12.4 Å². The van der Waals surface area contributed by atoms with Gasteiger partial charge in [-0.2, -0.15) is 8.42 Å². The molecule has 0 saturated carbocycles. The van der Waals surface area contributed by atoms with Crippen LogP contribution in [0.2, 0.25) is 0 Å². The van der Waals surface area contributed by atoms with Crippen LogP contribution >= 0.6 is 0 Å². The quantitative estimate of drug-likeness (QED) is 0.0196. The molecule has 1 saturated heterocycles. The van der Waals surface area contributed by atoms with Gasteiger partial charge in [-0.3, -0.25) is 14.1 Å².